The van der Waals surface area contributed by atoms with Crippen LogP contribution in [0, 0.1) is 0 Å². The molecule has 3 aromatic rings. The van der Waals surface area contributed by atoms with Gasteiger partial charge in [0.1, 0.15) is 0 Å². The Morgan fingerprint density at radius 1 is 0.824 bits per heavy atom. The summed E-state index contributed by atoms with van der Waals surface area (Å²) < 4.78 is 51.1. The number of carbonyl (C=O) groups excluding carboxylic acids is 2. The van der Waals surface area contributed by atoms with Gasteiger partial charge in [0.15, 0.2) is 18.1 Å². The molecule has 34 heavy (non-hydrogen) atoms. The summed E-state index contributed by atoms with van der Waals surface area (Å²) in [6.07, 6.45) is -5.34. The summed E-state index contributed by atoms with van der Waals surface area (Å²) in [6, 6.07) is 20.3. The molecule has 0 aliphatic rings. The summed E-state index contributed by atoms with van der Waals surface area (Å²) >= 11 is 0. The summed E-state index contributed by atoms with van der Waals surface area (Å²) in [5.41, 5.74) is 0.616. The number of ether oxygens (including phenoxy) is 2. The first-order valence-corrected chi connectivity index (χ1v) is 10.3. The monoisotopic (exact) mass is 472 g/mol. The van der Waals surface area contributed by atoms with Crippen LogP contribution in [0.2, 0.25) is 0 Å². The van der Waals surface area contributed by atoms with Crippen molar-refractivity contribution in [3.05, 3.63) is 84.4 Å². The first-order valence-electron chi connectivity index (χ1n) is 10.3. The van der Waals surface area contributed by atoms with Crippen LogP contribution in [0.1, 0.15) is 17.9 Å². The molecule has 9 heteroatoms. The lowest BCUT2D eigenvalue weighted by atomic mass is 9.95. The van der Waals surface area contributed by atoms with Crippen molar-refractivity contribution in [3.63, 3.8) is 0 Å². The molecule has 2 amide bonds. The highest BCUT2D eigenvalue weighted by atomic mass is 19.4. The number of hydrogen-bond donors (Lipinski definition) is 2. The van der Waals surface area contributed by atoms with Gasteiger partial charge in [0.05, 0.1) is 13.0 Å². The van der Waals surface area contributed by atoms with E-state index in [1.165, 1.54) is 43.5 Å². The quantitative estimate of drug-likeness (QED) is 0.438. The molecule has 0 heterocycles. The average molecular weight is 472 g/mol. The normalized spacial score (nSPS) is 11.9. The number of nitrogens with one attached hydrogen (secondary N) is 2. The molecule has 0 saturated carbocycles. The predicted octanol–water partition coefficient (Wildman–Crippen LogP) is 5.39. The highest BCUT2D eigenvalue weighted by Crippen LogP contribution is 2.37. The molecule has 178 valence electrons. The first kappa shape index (κ1) is 24.6. The van der Waals surface area contributed by atoms with Crippen LogP contribution in [0.15, 0.2) is 78.9 Å². The summed E-state index contributed by atoms with van der Waals surface area (Å²) in [5.74, 6) is -2.31. The zero-order chi connectivity index (χ0) is 24.6. The van der Waals surface area contributed by atoms with Gasteiger partial charge in [-0.3, -0.25) is 9.59 Å². The average Bonchev–Trinajstić information content (AvgIpc) is 2.81. The molecule has 3 rings (SSSR count). The van der Waals surface area contributed by atoms with Crippen molar-refractivity contribution in [2.75, 3.05) is 24.4 Å². The number of methoxy groups -OCH3 is 1. The SMILES string of the molecule is COc1ccccc1OCC(=O)Nc1cccc(NC(=O)CC(c2ccccc2)C(F)(F)F)c1. The molecule has 0 spiro atoms. The van der Waals surface area contributed by atoms with Crippen molar-refractivity contribution in [1.29, 1.82) is 0 Å². The van der Waals surface area contributed by atoms with Gasteiger partial charge in [0.25, 0.3) is 5.91 Å². The fraction of sp³-hybridized carbons (Fsp3) is 0.200. The third-order valence-corrected chi connectivity index (χ3v) is 4.84. The molecule has 0 aliphatic carbocycles. The lowest BCUT2D eigenvalue weighted by Gasteiger charge is -2.20. The summed E-state index contributed by atoms with van der Waals surface area (Å²) in [6.45, 7) is -0.290. The minimum Gasteiger partial charge on any atom is -0.493 e. The lowest BCUT2D eigenvalue weighted by Crippen LogP contribution is -2.26. The van der Waals surface area contributed by atoms with E-state index in [1.54, 1.807) is 42.5 Å². The number of amides is 2. The lowest BCUT2D eigenvalue weighted by molar-refractivity contribution is -0.155. The number of carbonyl (C=O) groups is 2. The third kappa shape index (κ3) is 6.99. The minimum absolute atomic E-state index is 0.0150. The van der Waals surface area contributed by atoms with Crippen molar-refractivity contribution < 1.29 is 32.2 Å². The summed E-state index contributed by atoms with van der Waals surface area (Å²) in [7, 11) is 1.48. The Hall–Kier alpha value is -4.01. The van der Waals surface area contributed by atoms with Gasteiger partial charge in [-0.25, -0.2) is 0 Å². The Morgan fingerprint density at radius 3 is 2.03 bits per heavy atom. The number of benzene rings is 3. The molecule has 2 N–H and O–H groups in total. The van der Waals surface area contributed by atoms with Crippen LogP contribution in [0.5, 0.6) is 11.5 Å². The second kappa shape index (κ2) is 11.2. The van der Waals surface area contributed by atoms with E-state index in [1.807, 2.05) is 0 Å². The number of alkyl halides is 3. The minimum atomic E-state index is -4.57. The van der Waals surface area contributed by atoms with Crippen LogP contribution in [-0.2, 0) is 9.59 Å². The third-order valence-electron chi connectivity index (χ3n) is 4.84. The van der Waals surface area contributed by atoms with Crippen LogP contribution < -0.4 is 20.1 Å². The highest BCUT2D eigenvalue weighted by Gasteiger charge is 2.41. The van der Waals surface area contributed by atoms with Crippen molar-refractivity contribution >= 4 is 23.2 Å². The van der Waals surface area contributed by atoms with E-state index >= 15 is 0 Å². The van der Waals surface area contributed by atoms with Crippen molar-refractivity contribution in [3.8, 4) is 11.5 Å². The Kier molecular flexibility index (Phi) is 8.13. The zero-order valence-corrected chi connectivity index (χ0v) is 18.3. The smallest absolute Gasteiger partial charge is 0.396 e. The molecule has 0 aliphatic heterocycles. The molecular formula is C25H23F3N2O4. The number of rotatable bonds is 9. The zero-order valence-electron chi connectivity index (χ0n) is 18.3. The second-order valence-electron chi connectivity index (χ2n) is 7.33. The van der Waals surface area contributed by atoms with Gasteiger partial charge in [-0.1, -0.05) is 48.5 Å². The van der Waals surface area contributed by atoms with Gasteiger partial charge in [-0.2, -0.15) is 13.2 Å². The largest absolute Gasteiger partial charge is 0.493 e. The molecule has 0 aromatic heterocycles. The molecule has 3 aromatic carbocycles. The van der Waals surface area contributed by atoms with Gasteiger partial charge in [-0.15, -0.1) is 0 Å². The van der Waals surface area contributed by atoms with E-state index in [2.05, 4.69) is 10.6 Å². The van der Waals surface area contributed by atoms with E-state index in [4.69, 9.17) is 9.47 Å². The maximum absolute atomic E-state index is 13.5. The van der Waals surface area contributed by atoms with Gasteiger partial charge in [-0.05, 0) is 35.9 Å². The topological polar surface area (TPSA) is 76.7 Å². The molecule has 0 saturated heterocycles. The molecule has 1 unspecified atom stereocenters. The van der Waals surface area contributed by atoms with Crippen LogP contribution in [0.3, 0.4) is 0 Å². The van der Waals surface area contributed by atoms with Crippen LogP contribution in [0.4, 0.5) is 24.5 Å². The summed E-state index contributed by atoms with van der Waals surface area (Å²) in [4.78, 5) is 24.6. The van der Waals surface area contributed by atoms with Gasteiger partial charge in [0, 0.05) is 17.8 Å². The van der Waals surface area contributed by atoms with Gasteiger partial charge < -0.3 is 20.1 Å². The van der Waals surface area contributed by atoms with Crippen molar-refractivity contribution in [1.82, 2.24) is 0 Å². The molecule has 0 radical (unpaired) electrons. The standard InChI is InChI=1S/C25H23F3N2O4/c1-33-21-12-5-6-13-22(21)34-16-24(32)30-19-11-7-10-18(14-19)29-23(31)15-20(25(26,27)28)17-8-3-2-4-9-17/h2-14,20H,15-16H2,1H3,(H,29,31)(H,30,32). The Balaban J connectivity index is 1.59. The Morgan fingerprint density at radius 2 is 1.41 bits per heavy atom. The Bertz CT molecular complexity index is 1120. The number of anilines is 2. The van der Waals surface area contributed by atoms with Crippen LogP contribution in [0.25, 0.3) is 0 Å². The van der Waals surface area contributed by atoms with E-state index in [-0.39, 0.29) is 17.9 Å². The fourth-order valence-corrected chi connectivity index (χ4v) is 3.26. The number of para-hydroxylation sites is 2. The molecule has 6 nitrogen and oxygen atoms in total. The molecule has 1 atom stereocenters. The molecular weight excluding hydrogens is 449 g/mol. The maximum atomic E-state index is 13.5. The van der Waals surface area contributed by atoms with E-state index in [0.29, 0.717) is 17.2 Å². The highest BCUT2D eigenvalue weighted by molar-refractivity contribution is 5.95. The van der Waals surface area contributed by atoms with Crippen molar-refractivity contribution in [2.45, 2.75) is 18.5 Å². The Labute approximate surface area is 194 Å². The van der Waals surface area contributed by atoms with Gasteiger partial charge >= 0.3 is 6.18 Å². The molecule has 0 fully saturated rings. The second-order valence-corrected chi connectivity index (χ2v) is 7.33. The molecule has 0 bridgehead atoms. The maximum Gasteiger partial charge on any atom is 0.396 e. The predicted molar refractivity (Wildman–Crippen MR) is 122 cm³/mol. The van der Waals surface area contributed by atoms with Gasteiger partial charge in [0.2, 0.25) is 5.91 Å². The van der Waals surface area contributed by atoms with E-state index in [9.17, 15) is 22.8 Å². The van der Waals surface area contributed by atoms with Crippen LogP contribution in [-0.4, -0.2) is 31.7 Å². The summed E-state index contributed by atoms with van der Waals surface area (Å²) in [5, 5.41) is 5.08. The van der Waals surface area contributed by atoms with E-state index in [0.717, 1.165) is 0 Å². The van der Waals surface area contributed by atoms with E-state index < -0.39 is 30.3 Å². The first-order chi connectivity index (χ1) is 16.3. The van der Waals surface area contributed by atoms with Crippen LogP contribution >= 0.6 is 0 Å². The fourth-order valence-electron chi connectivity index (χ4n) is 3.26. The number of halogens is 3. The number of hydrogen-bond acceptors (Lipinski definition) is 4. The van der Waals surface area contributed by atoms with Crippen molar-refractivity contribution in [2.24, 2.45) is 0 Å².